The molecule has 5 nitrogen and oxygen atoms in total. The van der Waals surface area contributed by atoms with Gasteiger partial charge < -0.3 is 14.7 Å². The molecular weight excluding hydrogens is 374 g/mol. The van der Waals surface area contributed by atoms with E-state index in [2.05, 4.69) is 10.3 Å². The lowest BCUT2D eigenvalue weighted by atomic mass is 9.85. The lowest BCUT2D eigenvalue weighted by Crippen LogP contribution is -2.38. The molecule has 5 rings (SSSR count). The van der Waals surface area contributed by atoms with Gasteiger partial charge in [-0.2, -0.15) is 0 Å². The number of para-hydroxylation sites is 2. The van der Waals surface area contributed by atoms with Crippen LogP contribution in [0, 0.1) is 0 Å². The van der Waals surface area contributed by atoms with Crippen LogP contribution in [-0.4, -0.2) is 21.9 Å². The largest absolute Gasteiger partial charge is 0.451 e. The Morgan fingerprint density at radius 3 is 2.96 bits per heavy atom. The Bertz CT molecular complexity index is 1130. The van der Waals surface area contributed by atoms with Crippen molar-refractivity contribution < 1.29 is 9.21 Å². The van der Waals surface area contributed by atoms with E-state index in [-0.39, 0.29) is 11.9 Å². The normalized spacial score (nSPS) is 19.9. The molecule has 28 heavy (non-hydrogen) atoms. The van der Waals surface area contributed by atoms with Crippen LogP contribution in [0.5, 0.6) is 0 Å². The molecule has 0 unspecified atom stereocenters. The number of nitrogens with zero attached hydrogens (tertiary/aromatic N) is 1. The van der Waals surface area contributed by atoms with E-state index in [1.165, 1.54) is 0 Å². The molecule has 0 bridgehead atoms. The van der Waals surface area contributed by atoms with Gasteiger partial charge in [-0.3, -0.25) is 4.79 Å². The summed E-state index contributed by atoms with van der Waals surface area (Å²) in [5.74, 6) is 1.48. The second-order valence-corrected chi connectivity index (χ2v) is 7.90. The fourth-order valence-electron chi connectivity index (χ4n) is 4.12. The minimum absolute atomic E-state index is 0.108. The highest BCUT2D eigenvalue weighted by atomic mass is 35.5. The summed E-state index contributed by atoms with van der Waals surface area (Å²) < 4.78 is 5.69. The summed E-state index contributed by atoms with van der Waals surface area (Å²) in [6, 6.07) is 15.3. The van der Waals surface area contributed by atoms with Gasteiger partial charge >= 0.3 is 0 Å². The van der Waals surface area contributed by atoms with Crippen LogP contribution in [0.25, 0.3) is 22.0 Å². The third kappa shape index (κ3) is 3.27. The third-order valence-corrected chi connectivity index (χ3v) is 5.74. The van der Waals surface area contributed by atoms with Gasteiger partial charge in [-0.05, 0) is 55.7 Å². The molecule has 2 aromatic carbocycles. The second kappa shape index (κ2) is 6.99. The molecule has 4 aromatic rings. The molecule has 142 valence electrons. The van der Waals surface area contributed by atoms with E-state index in [4.69, 9.17) is 21.0 Å². The average molecular weight is 394 g/mol. The highest BCUT2D eigenvalue weighted by Crippen LogP contribution is 2.33. The first-order valence-corrected chi connectivity index (χ1v) is 9.98. The molecule has 2 N–H and O–H groups in total. The molecule has 0 aliphatic heterocycles. The van der Waals surface area contributed by atoms with E-state index in [9.17, 15) is 4.79 Å². The number of fused-ring (bicyclic) bond motifs is 2. The van der Waals surface area contributed by atoms with E-state index in [0.717, 1.165) is 47.9 Å². The molecule has 2 heterocycles. The summed E-state index contributed by atoms with van der Waals surface area (Å²) in [6.07, 6.45) is 3.98. The number of benzene rings is 2. The number of hydrogen-bond acceptors (Lipinski definition) is 3. The molecule has 6 heteroatoms. The standard InChI is InChI=1S/C22H20ClN3O2/c23-15-8-9-19-14(10-15)12-20(28-19)22(27)24-16-5-3-4-13(11-16)21-25-17-6-1-2-7-18(17)26-21/h1-2,6-10,12-13,16H,3-5,11H2,(H,24,27)(H,25,26)/t13-,16+/m0/s1. The van der Waals surface area contributed by atoms with E-state index >= 15 is 0 Å². The molecule has 1 aliphatic rings. The van der Waals surface area contributed by atoms with Crippen molar-refractivity contribution in [2.24, 2.45) is 0 Å². The van der Waals surface area contributed by atoms with Gasteiger partial charge in [-0.25, -0.2) is 4.98 Å². The number of amides is 1. The lowest BCUT2D eigenvalue weighted by molar-refractivity contribution is 0.0898. The Kier molecular flexibility index (Phi) is 4.32. The molecular formula is C22H20ClN3O2. The van der Waals surface area contributed by atoms with Crippen molar-refractivity contribution in [3.05, 3.63) is 65.1 Å². The van der Waals surface area contributed by atoms with E-state index in [0.29, 0.717) is 22.3 Å². The zero-order chi connectivity index (χ0) is 19.1. The zero-order valence-electron chi connectivity index (χ0n) is 15.2. The number of carbonyl (C=O) groups is 1. The first-order valence-electron chi connectivity index (χ1n) is 9.60. The summed E-state index contributed by atoms with van der Waals surface area (Å²) in [5.41, 5.74) is 2.72. The van der Waals surface area contributed by atoms with Crippen LogP contribution in [0.3, 0.4) is 0 Å². The van der Waals surface area contributed by atoms with Crippen LogP contribution >= 0.6 is 11.6 Å². The van der Waals surface area contributed by atoms with Gasteiger partial charge in [0.1, 0.15) is 11.4 Å². The number of aromatic nitrogens is 2. The second-order valence-electron chi connectivity index (χ2n) is 7.47. The number of furan rings is 1. The van der Waals surface area contributed by atoms with Crippen molar-refractivity contribution in [2.45, 2.75) is 37.6 Å². The van der Waals surface area contributed by atoms with Gasteiger partial charge in [0, 0.05) is 22.4 Å². The summed E-state index contributed by atoms with van der Waals surface area (Å²) >= 11 is 6.02. The SMILES string of the molecule is O=C(N[C@@H]1CCC[C@H](c2nc3ccccc3[nH]2)C1)c1cc2cc(Cl)ccc2o1. The van der Waals surface area contributed by atoms with Crippen molar-refractivity contribution in [2.75, 3.05) is 0 Å². The van der Waals surface area contributed by atoms with E-state index in [1.54, 1.807) is 24.3 Å². The van der Waals surface area contributed by atoms with Gasteiger partial charge in [0.2, 0.25) is 0 Å². The van der Waals surface area contributed by atoms with E-state index < -0.39 is 0 Å². The number of hydrogen-bond donors (Lipinski definition) is 2. The number of carbonyl (C=O) groups excluding carboxylic acids is 1. The van der Waals surface area contributed by atoms with Crippen LogP contribution in [0.15, 0.2) is 52.9 Å². The number of halogens is 1. The predicted octanol–water partition coefficient (Wildman–Crippen LogP) is 5.42. The van der Waals surface area contributed by atoms with Crippen LogP contribution in [0.1, 0.15) is 48.0 Å². The summed E-state index contributed by atoms with van der Waals surface area (Å²) in [4.78, 5) is 20.9. The number of aromatic amines is 1. The summed E-state index contributed by atoms with van der Waals surface area (Å²) in [7, 11) is 0. The van der Waals surface area contributed by atoms with Crippen LogP contribution in [-0.2, 0) is 0 Å². The molecule has 1 saturated carbocycles. The predicted molar refractivity (Wildman–Crippen MR) is 110 cm³/mol. The minimum Gasteiger partial charge on any atom is -0.451 e. The fourth-order valence-corrected chi connectivity index (χ4v) is 4.30. The zero-order valence-corrected chi connectivity index (χ0v) is 16.0. The summed E-state index contributed by atoms with van der Waals surface area (Å²) in [5, 5.41) is 4.60. The van der Waals surface area contributed by atoms with Crippen LogP contribution in [0.2, 0.25) is 5.02 Å². The number of rotatable bonds is 3. The van der Waals surface area contributed by atoms with Crippen molar-refractivity contribution in [1.82, 2.24) is 15.3 Å². The first-order chi connectivity index (χ1) is 13.7. The Labute approximate surface area is 167 Å². The van der Waals surface area contributed by atoms with Crippen molar-refractivity contribution in [3.63, 3.8) is 0 Å². The van der Waals surface area contributed by atoms with Crippen molar-refractivity contribution in [1.29, 1.82) is 0 Å². The van der Waals surface area contributed by atoms with Crippen LogP contribution in [0.4, 0.5) is 0 Å². The topological polar surface area (TPSA) is 70.9 Å². The Morgan fingerprint density at radius 1 is 1.18 bits per heavy atom. The highest BCUT2D eigenvalue weighted by molar-refractivity contribution is 6.31. The van der Waals surface area contributed by atoms with Gasteiger partial charge in [-0.15, -0.1) is 0 Å². The molecule has 1 fully saturated rings. The molecule has 1 amide bonds. The Balaban J connectivity index is 1.31. The lowest BCUT2D eigenvalue weighted by Gasteiger charge is -2.28. The molecule has 0 spiro atoms. The molecule has 0 radical (unpaired) electrons. The minimum atomic E-state index is -0.178. The molecule has 0 saturated heterocycles. The monoisotopic (exact) mass is 393 g/mol. The van der Waals surface area contributed by atoms with Gasteiger partial charge in [0.25, 0.3) is 5.91 Å². The van der Waals surface area contributed by atoms with Crippen molar-refractivity contribution >= 4 is 39.5 Å². The van der Waals surface area contributed by atoms with E-state index in [1.807, 2.05) is 24.3 Å². The number of H-pyrrole nitrogens is 1. The third-order valence-electron chi connectivity index (χ3n) is 5.51. The number of nitrogens with one attached hydrogen (secondary N) is 2. The van der Waals surface area contributed by atoms with Crippen molar-refractivity contribution in [3.8, 4) is 0 Å². The molecule has 1 aliphatic carbocycles. The summed E-state index contributed by atoms with van der Waals surface area (Å²) in [6.45, 7) is 0. The van der Waals surface area contributed by atoms with Gasteiger partial charge in [-0.1, -0.05) is 30.2 Å². The maximum Gasteiger partial charge on any atom is 0.287 e. The average Bonchev–Trinajstić information content (AvgIpc) is 3.32. The smallest absolute Gasteiger partial charge is 0.287 e. The quantitative estimate of drug-likeness (QED) is 0.488. The first kappa shape index (κ1) is 17.3. The maximum absolute atomic E-state index is 12.7. The molecule has 2 aromatic heterocycles. The fraction of sp³-hybridized carbons (Fsp3) is 0.273. The van der Waals surface area contributed by atoms with Crippen LogP contribution < -0.4 is 5.32 Å². The van der Waals surface area contributed by atoms with Gasteiger partial charge in [0.15, 0.2) is 5.76 Å². The Morgan fingerprint density at radius 2 is 2.07 bits per heavy atom. The maximum atomic E-state index is 12.7. The highest BCUT2D eigenvalue weighted by Gasteiger charge is 2.27. The molecule has 2 atom stereocenters. The number of imidazole rings is 1. The van der Waals surface area contributed by atoms with Gasteiger partial charge in [0.05, 0.1) is 11.0 Å². The Hall–Kier alpha value is -2.79.